The fourth-order valence-corrected chi connectivity index (χ4v) is 3.58. The van der Waals surface area contributed by atoms with Crippen molar-refractivity contribution in [3.63, 3.8) is 0 Å². The van der Waals surface area contributed by atoms with Crippen molar-refractivity contribution in [1.29, 1.82) is 0 Å². The van der Waals surface area contributed by atoms with Gasteiger partial charge in [-0.2, -0.15) is 4.31 Å². The Labute approximate surface area is 119 Å². The van der Waals surface area contributed by atoms with E-state index in [1.54, 1.807) is 6.07 Å². The van der Waals surface area contributed by atoms with Gasteiger partial charge in [-0.1, -0.05) is 17.7 Å². The average Bonchev–Trinajstić information content (AvgIpc) is 2.81. The monoisotopic (exact) mass is 297 g/mol. The van der Waals surface area contributed by atoms with Crippen molar-refractivity contribution in [3.05, 3.63) is 29.3 Å². The molecule has 2 rings (SSSR count). The van der Waals surface area contributed by atoms with Crippen LogP contribution in [0.15, 0.2) is 18.2 Å². The molecule has 0 amide bonds. The van der Waals surface area contributed by atoms with Gasteiger partial charge < -0.3 is 4.74 Å². The van der Waals surface area contributed by atoms with Crippen molar-refractivity contribution >= 4 is 16.0 Å². The van der Waals surface area contributed by atoms with Crippen molar-refractivity contribution in [2.45, 2.75) is 32.7 Å². The Bertz CT molecular complexity index is 624. The molecule has 110 valence electrons. The minimum Gasteiger partial charge on any atom is -0.425 e. The van der Waals surface area contributed by atoms with E-state index in [0.717, 1.165) is 17.4 Å². The molecule has 0 spiro atoms. The van der Waals surface area contributed by atoms with E-state index in [1.807, 2.05) is 26.0 Å². The minimum absolute atomic E-state index is 0.380. The molecule has 1 unspecified atom stereocenters. The molecular weight excluding hydrogens is 278 g/mol. The van der Waals surface area contributed by atoms with Gasteiger partial charge in [0.15, 0.2) is 0 Å². The number of ether oxygens (including phenoxy) is 1. The van der Waals surface area contributed by atoms with Gasteiger partial charge in [-0.05, 0) is 38.3 Å². The molecular formula is C14H19NO4S. The van der Waals surface area contributed by atoms with E-state index in [1.165, 1.54) is 4.31 Å². The summed E-state index contributed by atoms with van der Waals surface area (Å²) in [7, 11) is -3.37. The Morgan fingerprint density at radius 3 is 2.65 bits per heavy atom. The number of sulfonamides is 1. The lowest BCUT2D eigenvalue weighted by molar-refractivity contribution is -0.138. The summed E-state index contributed by atoms with van der Waals surface area (Å²) in [6.07, 6.45) is 2.31. The first-order chi connectivity index (χ1) is 9.29. The molecule has 1 aliphatic rings. The predicted octanol–water partition coefficient (Wildman–Crippen LogP) is 1.63. The lowest BCUT2D eigenvalue weighted by atomic mass is 10.1. The number of carbonyl (C=O) groups excluding carboxylic acids is 1. The van der Waals surface area contributed by atoms with Gasteiger partial charge in [0.2, 0.25) is 10.0 Å². The lowest BCUT2D eigenvalue weighted by Crippen LogP contribution is -2.41. The van der Waals surface area contributed by atoms with Gasteiger partial charge in [-0.25, -0.2) is 13.2 Å². The van der Waals surface area contributed by atoms with E-state index in [4.69, 9.17) is 4.74 Å². The zero-order valence-electron chi connectivity index (χ0n) is 11.9. The Balaban J connectivity index is 2.16. The zero-order chi connectivity index (χ0) is 14.9. The first kappa shape index (κ1) is 15.0. The standard InChI is InChI=1S/C14H19NO4S/c1-10-6-7-13(11(2)9-10)19-14(16)12-5-4-8-15(12)20(3,17)18/h6-7,9,12H,4-5,8H2,1-3H3. The second-order valence-corrected chi connectivity index (χ2v) is 7.16. The molecule has 5 nitrogen and oxygen atoms in total. The molecule has 0 bridgehead atoms. The van der Waals surface area contributed by atoms with Crippen LogP contribution in [-0.2, 0) is 14.8 Å². The zero-order valence-corrected chi connectivity index (χ0v) is 12.7. The Hall–Kier alpha value is -1.40. The number of aryl methyl sites for hydroxylation is 2. The maximum Gasteiger partial charge on any atom is 0.329 e. The van der Waals surface area contributed by atoms with E-state index in [2.05, 4.69) is 0 Å². The van der Waals surface area contributed by atoms with Gasteiger partial charge in [-0.15, -0.1) is 0 Å². The molecule has 0 aliphatic carbocycles. The third kappa shape index (κ3) is 3.19. The van der Waals surface area contributed by atoms with Crippen molar-refractivity contribution in [2.24, 2.45) is 0 Å². The van der Waals surface area contributed by atoms with Crippen LogP contribution in [0.2, 0.25) is 0 Å². The largest absolute Gasteiger partial charge is 0.425 e. The summed E-state index contributed by atoms with van der Waals surface area (Å²) in [5.74, 6) is -0.0131. The van der Waals surface area contributed by atoms with Gasteiger partial charge in [0.25, 0.3) is 0 Å². The summed E-state index contributed by atoms with van der Waals surface area (Å²) >= 11 is 0. The summed E-state index contributed by atoms with van der Waals surface area (Å²) in [5, 5.41) is 0. The van der Waals surface area contributed by atoms with Crippen molar-refractivity contribution in [2.75, 3.05) is 12.8 Å². The van der Waals surface area contributed by atoms with Crippen LogP contribution >= 0.6 is 0 Å². The maximum atomic E-state index is 12.2. The second-order valence-electron chi connectivity index (χ2n) is 5.22. The number of benzene rings is 1. The van der Waals surface area contributed by atoms with E-state index in [9.17, 15) is 13.2 Å². The molecule has 1 saturated heterocycles. The third-order valence-electron chi connectivity index (χ3n) is 3.44. The summed E-state index contributed by atoms with van der Waals surface area (Å²) < 4.78 is 29.8. The van der Waals surface area contributed by atoms with E-state index >= 15 is 0 Å². The lowest BCUT2D eigenvalue weighted by Gasteiger charge is -2.20. The smallest absolute Gasteiger partial charge is 0.329 e. The molecule has 1 heterocycles. The molecule has 1 aliphatic heterocycles. The number of hydrogen-bond acceptors (Lipinski definition) is 4. The van der Waals surface area contributed by atoms with Crippen LogP contribution < -0.4 is 4.74 Å². The molecule has 0 radical (unpaired) electrons. The van der Waals surface area contributed by atoms with E-state index < -0.39 is 22.0 Å². The molecule has 20 heavy (non-hydrogen) atoms. The highest BCUT2D eigenvalue weighted by Gasteiger charge is 2.37. The number of rotatable bonds is 3. The van der Waals surface area contributed by atoms with Crippen LogP contribution in [0.3, 0.4) is 0 Å². The van der Waals surface area contributed by atoms with Gasteiger partial charge in [0.05, 0.1) is 6.26 Å². The molecule has 0 aromatic heterocycles. The van der Waals surface area contributed by atoms with Crippen LogP contribution in [0.5, 0.6) is 5.75 Å². The molecule has 1 aromatic rings. The normalized spacial score (nSPS) is 20.1. The van der Waals surface area contributed by atoms with Crippen LogP contribution in [-0.4, -0.2) is 37.5 Å². The predicted molar refractivity (Wildman–Crippen MR) is 76.1 cm³/mol. The Morgan fingerprint density at radius 2 is 2.05 bits per heavy atom. The highest BCUT2D eigenvalue weighted by Crippen LogP contribution is 2.24. The molecule has 1 atom stereocenters. The number of esters is 1. The van der Waals surface area contributed by atoms with Gasteiger partial charge in [0, 0.05) is 6.54 Å². The van der Waals surface area contributed by atoms with Crippen LogP contribution in [0.1, 0.15) is 24.0 Å². The third-order valence-corrected chi connectivity index (χ3v) is 4.73. The number of nitrogens with zero attached hydrogens (tertiary/aromatic N) is 1. The van der Waals surface area contributed by atoms with Crippen LogP contribution in [0, 0.1) is 13.8 Å². The highest BCUT2D eigenvalue weighted by atomic mass is 32.2. The average molecular weight is 297 g/mol. The summed E-state index contributed by atoms with van der Waals surface area (Å²) in [4.78, 5) is 12.2. The second kappa shape index (κ2) is 5.54. The van der Waals surface area contributed by atoms with Crippen LogP contribution in [0.4, 0.5) is 0 Å². The summed E-state index contributed by atoms with van der Waals surface area (Å²) in [6, 6.07) is 4.82. The quantitative estimate of drug-likeness (QED) is 0.628. The molecule has 0 saturated carbocycles. The minimum atomic E-state index is -3.37. The number of carbonyl (C=O) groups is 1. The molecule has 1 aromatic carbocycles. The molecule has 1 fully saturated rings. The summed E-state index contributed by atoms with van der Waals surface area (Å²) in [5.41, 5.74) is 1.95. The number of hydrogen-bond donors (Lipinski definition) is 0. The Kier molecular flexibility index (Phi) is 4.15. The Morgan fingerprint density at radius 1 is 1.35 bits per heavy atom. The van der Waals surface area contributed by atoms with Gasteiger partial charge >= 0.3 is 5.97 Å². The summed E-state index contributed by atoms with van der Waals surface area (Å²) in [6.45, 7) is 4.20. The molecule has 0 N–H and O–H groups in total. The van der Waals surface area contributed by atoms with E-state index in [0.29, 0.717) is 25.1 Å². The fourth-order valence-electron chi connectivity index (χ4n) is 2.46. The van der Waals surface area contributed by atoms with Gasteiger partial charge in [0.1, 0.15) is 11.8 Å². The van der Waals surface area contributed by atoms with Crippen molar-refractivity contribution in [1.82, 2.24) is 4.31 Å². The maximum absolute atomic E-state index is 12.2. The van der Waals surface area contributed by atoms with Crippen molar-refractivity contribution < 1.29 is 17.9 Å². The van der Waals surface area contributed by atoms with E-state index in [-0.39, 0.29) is 0 Å². The SMILES string of the molecule is Cc1ccc(OC(=O)C2CCCN2S(C)(=O)=O)c(C)c1. The fraction of sp³-hybridized carbons (Fsp3) is 0.500. The first-order valence-electron chi connectivity index (χ1n) is 6.55. The first-order valence-corrected chi connectivity index (χ1v) is 8.39. The van der Waals surface area contributed by atoms with Crippen molar-refractivity contribution in [3.8, 4) is 5.75 Å². The highest BCUT2D eigenvalue weighted by molar-refractivity contribution is 7.88. The van der Waals surface area contributed by atoms with Gasteiger partial charge in [-0.3, -0.25) is 0 Å². The molecule has 6 heteroatoms. The topological polar surface area (TPSA) is 63.7 Å². The van der Waals surface area contributed by atoms with Crippen LogP contribution in [0.25, 0.3) is 0 Å².